The lowest BCUT2D eigenvalue weighted by Crippen LogP contribution is -2.38. The molecule has 2 heterocycles. The zero-order valence-electron chi connectivity index (χ0n) is 8.72. The number of aliphatic imine (C=N–C) groups is 1. The summed E-state index contributed by atoms with van der Waals surface area (Å²) in [7, 11) is 1.70. The summed E-state index contributed by atoms with van der Waals surface area (Å²) in [5, 5.41) is 2.08. The molecule has 82 valence electrons. The molecule has 0 spiro atoms. The van der Waals surface area contributed by atoms with Crippen molar-refractivity contribution >= 4 is 17.3 Å². The van der Waals surface area contributed by atoms with Gasteiger partial charge in [0.05, 0.1) is 19.2 Å². The highest BCUT2D eigenvalue weighted by atomic mass is 32.1. The highest BCUT2D eigenvalue weighted by Crippen LogP contribution is 2.28. The van der Waals surface area contributed by atoms with E-state index in [1.807, 2.05) is 0 Å². The van der Waals surface area contributed by atoms with Crippen LogP contribution in [-0.2, 0) is 4.74 Å². The molecular formula is C10H15N3OS. The van der Waals surface area contributed by atoms with Crippen LogP contribution in [0.2, 0.25) is 0 Å². The predicted molar refractivity (Wildman–Crippen MR) is 62.1 cm³/mol. The Hall–Kier alpha value is -1.07. The van der Waals surface area contributed by atoms with Gasteiger partial charge in [-0.25, -0.2) is 0 Å². The smallest absolute Gasteiger partial charge is 0.192 e. The summed E-state index contributed by atoms with van der Waals surface area (Å²) < 4.78 is 5.07. The van der Waals surface area contributed by atoms with E-state index in [4.69, 9.17) is 10.5 Å². The Morgan fingerprint density at radius 2 is 2.60 bits per heavy atom. The van der Waals surface area contributed by atoms with E-state index < -0.39 is 0 Å². The zero-order chi connectivity index (χ0) is 10.7. The van der Waals surface area contributed by atoms with Crippen molar-refractivity contribution in [3.63, 3.8) is 0 Å². The van der Waals surface area contributed by atoms with E-state index in [1.54, 1.807) is 18.4 Å². The number of nitrogens with two attached hydrogens (primary N) is 1. The molecular weight excluding hydrogens is 210 g/mol. The minimum Gasteiger partial charge on any atom is -0.383 e. The van der Waals surface area contributed by atoms with Crippen molar-refractivity contribution in [1.29, 1.82) is 0 Å². The first-order valence-corrected chi connectivity index (χ1v) is 5.80. The van der Waals surface area contributed by atoms with Crippen molar-refractivity contribution in [3.8, 4) is 0 Å². The van der Waals surface area contributed by atoms with Crippen molar-refractivity contribution in [1.82, 2.24) is 4.90 Å². The molecule has 1 atom stereocenters. The van der Waals surface area contributed by atoms with E-state index in [2.05, 4.69) is 27.4 Å². The van der Waals surface area contributed by atoms with Crippen LogP contribution in [0.4, 0.5) is 0 Å². The molecule has 1 unspecified atom stereocenters. The quantitative estimate of drug-likeness (QED) is 0.833. The lowest BCUT2D eigenvalue weighted by Gasteiger charge is -2.24. The number of thiophene rings is 1. The average molecular weight is 225 g/mol. The zero-order valence-corrected chi connectivity index (χ0v) is 9.54. The maximum atomic E-state index is 5.84. The summed E-state index contributed by atoms with van der Waals surface area (Å²) >= 11 is 1.75. The Balaban J connectivity index is 2.07. The SMILES string of the molecule is COCCN1C(N)=NCC1c1cccs1. The van der Waals surface area contributed by atoms with Crippen molar-refractivity contribution in [2.24, 2.45) is 10.7 Å². The van der Waals surface area contributed by atoms with Gasteiger partial charge in [-0.3, -0.25) is 4.99 Å². The molecule has 0 aromatic carbocycles. The van der Waals surface area contributed by atoms with E-state index >= 15 is 0 Å². The maximum Gasteiger partial charge on any atom is 0.192 e. The fraction of sp³-hybridized carbons (Fsp3) is 0.500. The van der Waals surface area contributed by atoms with Crippen molar-refractivity contribution in [2.75, 3.05) is 26.8 Å². The Labute approximate surface area is 93.4 Å². The van der Waals surface area contributed by atoms with Gasteiger partial charge in [0.1, 0.15) is 0 Å². The Morgan fingerprint density at radius 1 is 1.73 bits per heavy atom. The van der Waals surface area contributed by atoms with Crippen LogP contribution in [-0.4, -0.2) is 37.7 Å². The molecule has 0 radical (unpaired) electrons. The van der Waals surface area contributed by atoms with E-state index in [-0.39, 0.29) is 0 Å². The van der Waals surface area contributed by atoms with Crippen LogP contribution in [0.5, 0.6) is 0 Å². The highest BCUT2D eigenvalue weighted by Gasteiger charge is 2.27. The minimum absolute atomic E-state index is 0.306. The maximum absolute atomic E-state index is 5.84. The molecule has 0 saturated carbocycles. The topological polar surface area (TPSA) is 50.9 Å². The number of methoxy groups -OCH3 is 1. The van der Waals surface area contributed by atoms with Crippen LogP contribution in [0.3, 0.4) is 0 Å². The van der Waals surface area contributed by atoms with Gasteiger partial charge in [-0.1, -0.05) is 6.07 Å². The van der Waals surface area contributed by atoms with Crippen LogP contribution in [0.25, 0.3) is 0 Å². The molecule has 15 heavy (non-hydrogen) atoms. The second-order valence-electron chi connectivity index (χ2n) is 3.42. The van der Waals surface area contributed by atoms with E-state index in [1.165, 1.54) is 4.88 Å². The Bertz CT molecular complexity index is 336. The van der Waals surface area contributed by atoms with E-state index in [0.717, 1.165) is 13.1 Å². The number of hydrogen-bond donors (Lipinski definition) is 1. The molecule has 1 aromatic rings. The largest absolute Gasteiger partial charge is 0.383 e. The number of rotatable bonds is 4. The van der Waals surface area contributed by atoms with E-state index in [0.29, 0.717) is 18.6 Å². The number of hydrogen-bond acceptors (Lipinski definition) is 5. The van der Waals surface area contributed by atoms with Gasteiger partial charge in [0.15, 0.2) is 5.96 Å². The summed E-state index contributed by atoms with van der Waals surface area (Å²) in [5.41, 5.74) is 5.84. The molecule has 0 amide bonds. The monoisotopic (exact) mass is 225 g/mol. The molecule has 1 aromatic heterocycles. The fourth-order valence-corrected chi connectivity index (χ4v) is 2.54. The van der Waals surface area contributed by atoms with Gasteiger partial charge in [0.25, 0.3) is 0 Å². The summed E-state index contributed by atoms with van der Waals surface area (Å²) in [5.74, 6) is 0.630. The van der Waals surface area contributed by atoms with Crippen LogP contribution in [0, 0.1) is 0 Å². The standard InChI is InChI=1S/C10H15N3OS/c1-14-5-4-13-8(7-12-10(13)11)9-3-2-6-15-9/h2-3,6,8H,4-5,7H2,1H3,(H2,11,12). The molecule has 4 nitrogen and oxygen atoms in total. The summed E-state index contributed by atoms with van der Waals surface area (Å²) in [6, 6.07) is 4.49. The van der Waals surface area contributed by atoms with Crippen molar-refractivity contribution in [3.05, 3.63) is 22.4 Å². The summed E-state index contributed by atoms with van der Waals surface area (Å²) in [6.45, 7) is 2.24. The highest BCUT2D eigenvalue weighted by molar-refractivity contribution is 7.10. The van der Waals surface area contributed by atoms with Gasteiger partial charge in [-0.2, -0.15) is 0 Å². The van der Waals surface area contributed by atoms with E-state index in [9.17, 15) is 0 Å². The van der Waals surface area contributed by atoms with Crippen molar-refractivity contribution in [2.45, 2.75) is 6.04 Å². The Kier molecular flexibility index (Phi) is 3.23. The molecule has 5 heteroatoms. The molecule has 2 N–H and O–H groups in total. The van der Waals surface area contributed by atoms with Gasteiger partial charge in [0.2, 0.25) is 0 Å². The third-order valence-electron chi connectivity index (χ3n) is 2.50. The lowest BCUT2D eigenvalue weighted by atomic mass is 10.2. The molecule has 0 bridgehead atoms. The molecule has 1 aliphatic rings. The summed E-state index contributed by atoms with van der Waals surface area (Å²) in [4.78, 5) is 7.70. The normalized spacial score (nSPS) is 20.7. The van der Waals surface area contributed by atoms with Crippen LogP contribution in [0.1, 0.15) is 10.9 Å². The Morgan fingerprint density at radius 3 is 3.27 bits per heavy atom. The first-order chi connectivity index (χ1) is 7.33. The molecule has 0 saturated heterocycles. The molecule has 1 aliphatic heterocycles. The van der Waals surface area contributed by atoms with Gasteiger partial charge >= 0.3 is 0 Å². The first-order valence-electron chi connectivity index (χ1n) is 4.92. The summed E-state index contributed by atoms with van der Waals surface area (Å²) in [6.07, 6.45) is 0. The minimum atomic E-state index is 0.306. The van der Waals surface area contributed by atoms with Crippen molar-refractivity contribution < 1.29 is 4.74 Å². The third kappa shape index (κ3) is 2.13. The van der Waals surface area contributed by atoms with Crippen LogP contribution >= 0.6 is 11.3 Å². The number of guanidine groups is 1. The molecule has 0 fully saturated rings. The predicted octanol–water partition coefficient (Wildman–Crippen LogP) is 1.07. The van der Waals surface area contributed by atoms with Crippen LogP contribution in [0.15, 0.2) is 22.5 Å². The van der Waals surface area contributed by atoms with Crippen LogP contribution < -0.4 is 5.73 Å². The number of nitrogens with zero attached hydrogens (tertiary/aromatic N) is 2. The molecule has 2 rings (SSSR count). The van der Waals surface area contributed by atoms with Gasteiger partial charge in [-0.05, 0) is 11.4 Å². The fourth-order valence-electron chi connectivity index (χ4n) is 1.71. The lowest BCUT2D eigenvalue weighted by molar-refractivity contribution is 0.167. The second kappa shape index (κ2) is 4.63. The third-order valence-corrected chi connectivity index (χ3v) is 3.48. The van der Waals surface area contributed by atoms with Gasteiger partial charge < -0.3 is 15.4 Å². The molecule has 0 aliphatic carbocycles. The second-order valence-corrected chi connectivity index (χ2v) is 4.40. The first kappa shape index (κ1) is 10.4. The average Bonchev–Trinajstić information content (AvgIpc) is 2.84. The number of ether oxygens (including phenoxy) is 1. The van der Waals surface area contributed by atoms with Gasteiger partial charge in [0, 0.05) is 18.5 Å². The van der Waals surface area contributed by atoms with Gasteiger partial charge in [-0.15, -0.1) is 11.3 Å².